The van der Waals surface area contributed by atoms with E-state index in [2.05, 4.69) is 13.8 Å². The Labute approximate surface area is 98.9 Å². The maximum Gasteiger partial charge on any atom is 0.161 e. The van der Waals surface area contributed by atoms with Crippen molar-refractivity contribution in [3.63, 3.8) is 0 Å². The summed E-state index contributed by atoms with van der Waals surface area (Å²) >= 11 is 0. The molecule has 0 N–H and O–H groups in total. The number of hydrogen-bond acceptors (Lipinski definition) is 1. The minimum absolute atomic E-state index is 0.147. The van der Waals surface area contributed by atoms with E-state index in [1.54, 1.807) is 0 Å². The minimum atomic E-state index is -0.147. The van der Waals surface area contributed by atoms with E-state index in [0.29, 0.717) is 0 Å². The SMILES string of the molecule is CCCCCCCCCC[SiH2]OCCC. The molecule has 0 radical (unpaired) electrons. The third-order valence-corrected chi connectivity index (χ3v) is 4.11. The molecule has 0 rings (SSSR count). The van der Waals surface area contributed by atoms with Crippen LogP contribution in [0.15, 0.2) is 0 Å². The Balaban J connectivity index is 2.81. The highest BCUT2D eigenvalue weighted by Gasteiger charge is 1.92. The number of rotatable bonds is 12. The monoisotopic (exact) mass is 230 g/mol. The summed E-state index contributed by atoms with van der Waals surface area (Å²) in [6.07, 6.45) is 12.6. The molecule has 0 fully saturated rings. The van der Waals surface area contributed by atoms with Crippen molar-refractivity contribution in [1.29, 1.82) is 0 Å². The molecule has 0 aliphatic heterocycles. The van der Waals surface area contributed by atoms with E-state index in [-0.39, 0.29) is 9.76 Å². The van der Waals surface area contributed by atoms with E-state index < -0.39 is 0 Å². The van der Waals surface area contributed by atoms with Crippen molar-refractivity contribution in [2.45, 2.75) is 77.7 Å². The van der Waals surface area contributed by atoms with Crippen LogP contribution in [0.2, 0.25) is 6.04 Å². The van der Waals surface area contributed by atoms with Gasteiger partial charge in [0.05, 0.1) is 0 Å². The van der Waals surface area contributed by atoms with Crippen molar-refractivity contribution in [3.8, 4) is 0 Å². The van der Waals surface area contributed by atoms with Gasteiger partial charge >= 0.3 is 0 Å². The van der Waals surface area contributed by atoms with Crippen LogP contribution in [0.5, 0.6) is 0 Å². The molecule has 1 nitrogen and oxygen atoms in total. The maximum atomic E-state index is 5.58. The number of hydrogen-bond donors (Lipinski definition) is 0. The Morgan fingerprint density at radius 2 is 1.33 bits per heavy atom. The van der Waals surface area contributed by atoms with Gasteiger partial charge in [-0.25, -0.2) is 0 Å². The van der Waals surface area contributed by atoms with Crippen molar-refractivity contribution in [2.24, 2.45) is 0 Å². The van der Waals surface area contributed by atoms with Crippen molar-refractivity contribution < 1.29 is 4.43 Å². The maximum absolute atomic E-state index is 5.58. The smallest absolute Gasteiger partial charge is 0.161 e. The predicted molar refractivity (Wildman–Crippen MR) is 72.2 cm³/mol. The molecule has 0 spiro atoms. The molecule has 0 saturated heterocycles. The Kier molecular flexibility index (Phi) is 14.3. The molecule has 15 heavy (non-hydrogen) atoms. The first-order chi connectivity index (χ1) is 7.41. The molecule has 0 amide bonds. The summed E-state index contributed by atoms with van der Waals surface area (Å²) in [4.78, 5) is 0. The zero-order valence-electron chi connectivity index (χ0n) is 10.9. The summed E-state index contributed by atoms with van der Waals surface area (Å²) in [6.45, 7) is 5.47. The number of unbranched alkanes of at least 4 members (excludes halogenated alkanes) is 7. The van der Waals surface area contributed by atoms with Crippen molar-refractivity contribution in [1.82, 2.24) is 0 Å². The Morgan fingerprint density at radius 1 is 0.733 bits per heavy atom. The molecule has 0 aromatic carbocycles. The fourth-order valence-corrected chi connectivity index (χ4v) is 3.02. The third kappa shape index (κ3) is 14.2. The Bertz CT molecular complexity index is 94.7. The first-order valence-electron chi connectivity index (χ1n) is 6.99. The highest BCUT2D eigenvalue weighted by molar-refractivity contribution is 6.26. The van der Waals surface area contributed by atoms with Crippen LogP contribution in [-0.2, 0) is 4.43 Å². The van der Waals surface area contributed by atoms with Crippen LogP contribution in [0, 0.1) is 0 Å². The lowest BCUT2D eigenvalue weighted by Crippen LogP contribution is -1.98. The zero-order chi connectivity index (χ0) is 11.2. The van der Waals surface area contributed by atoms with Gasteiger partial charge in [0.15, 0.2) is 9.76 Å². The van der Waals surface area contributed by atoms with Gasteiger partial charge in [-0.1, -0.05) is 65.2 Å². The molecule has 0 heterocycles. The Morgan fingerprint density at radius 3 is 1.93 bits per heavy atom. The topological polar surface area (TPSA) is 9.23 Å². The fraction of sp³-hybridized carbons (Fsp3) is 1.00. The second-order valence-corrected chi connectivity index (χ2v) is 5.96. The molecule has 0 unspecified atom stereocenters. The van der Waals surface area contributed by atoms with Gasteiger partial charge in [-0.15, -0.1) is 0 Å². The summed E-state index contributed by atoms with van der Waals surface area (Å²) in [5, 5.41) is 0. The standard InChI is InChI=1S/C13H30OSi/c1-3-5-6-7-8-9-10-11-13-15-14-12-4-2/h3-13,15H2,1-2H3. The lowest BCUT2D eigenvalue weighted by molar-refractivity contribution is 0.334. The molecule has 0 aromatic heterocycles. The third-order valence-electron chi connectivity index (χ3n) is 2.74. The van der Waals surface area contributed by atoms with Gasteiger partial charge in [-0.05, 0) is 12.5 Å². The van der Waals surface area contributed by atoms with Crippen molar-refractivity contribution in [3.05, 3.63) is 0 Å². The van der Waals surface area contributed by atoms with E-state index in [1.165, 1.54) is 63.8 Å². The van der Waals surface area contributed by atoms with Crippen molar-refractivity contribution in [2.75, 3.05) is 6.61 Å². The van der Waals surface area contributed by atoms with Crippen molar-refractivity contribution >= 4 is 9.76 Å². The molecule has 92 valence electrons. The van der Waals surface area contributed by atoms with E-state index in [9.17, 15) is 0 Å². The van der Waals surface area contributed by atoms with Gasteiger partial charge in [0.2, 0.25) is 0 Å². The van der Waals surface area contributed by atoms with Crippen LogP contribution < -0.4 is 0 Å². The van der Waals surface area contributed by atoms with Gasteiger partial charge in [0.1, 0.15) is 0 Å². The average molecular weight is 230 g/mol. The summed E-state index contributed by atoms with van der Waals surface area (Å²) < 4.78 is 5.58. The van der Waals surface area contributed by atoms with E-state index in [1.807, 2.05) is 0 Å². The van der Waals surface area contributed by atoms with E-state index >= 15 is 0 Å². The molecule has 2 heteroatoms. The van der Waals surface area contributed by atoms with Crippen LogP contribution in [-0.4, -0.2) is 16.4 Å². The molecule has 0 saturated carbocycles. The van der Waals surface area contributed by atoms with E-state index in [0.717, 1.165) is 6.61 Å². The molecule has 0 aliphatic rings. The van der Waals surface area contributed by atoms with Gasteiger partial charge < -0.3 is 4.43 Å². The Hall–Kier alpha value is 0.177. The highest BCUT2D eigenvalue weighted by atomic mass is 28.2. The van der Waals surface area contributed by atoms with Crippen LogP contribution in [0.4, 0.5) is 0 Å². The second kappa shape index (κ2) is 14.2. The lowest BCUT2D eigenvalue weighted by Gasteiger charge is -2.02. The first-order valence-corrected chi connectivity index (χ1v) is 8.57. The van der Waals surface area contributed by atoms with Crippen LogP contribution in [0.25, 0.3) is 0 Å². The lowest BCUT2D eigenvalue weighted by atomic mass is 10.1. The molecule has 0 aromatic rings. The average Bonchev–Trinajstić information content (AvgIpc) is 2.26. The largest absolute Gasteiger partial charge is 0.424 e. The highest BCUT2D eigenvalue weighted by Crippen LogP contribution is 2.09. The predicted octanol–water partition coefficient (Wildman–Crippen LogP) is 4.06. The normalized spacial score (nSPS) is 11.6. The zero-order valence-corrected chi connectivity index (χ0v) is 12.3. The van der Waals surface area contributed by atoms with Crippen LogP contribution in [0.3, 0.4) is 0 Å². The summed E-state index contributed by atoms with van der Waals surface area (Å²) in [6, 6.07) is 1.40. The quantitative estimate of drug-likeness (QED) is 0.363. The van der Waals surface area contributed by atoms with Crippen LogP contribution in [0.1, 0.15) is 71.6 Å². The van der Waals surface area contributed by atoms with Gasteiger partial charge in [-0.3, -0.25) is 0 Å². The molecular weight excluding hydrogens is 200 g/mol. The van der Waals surface area contributed by atoms with Crippen LogP contribution >= 0.6 is 0 Å². The molecule has 0 atom stereocenters. The van der Waals surface area contributed by atoms with Gasteiger partial charge in [0.25, 0.3) is 0 Å². The molecule has 0 aliphatic carbocycles. The summed E-state index contributed by atoms with van der Waals surface area (Å²) in [7, 11) is -0.147. The minimum Gasteiger partial charge on any atom is -0.424 e. The summed E-state index contributed by atoms with van der Waals surface area (Å²) in [5.41, 5.74) is 0. The molecule has 0 bridgehead atoms. The fourth-order valence-electron chi connectivity index (χ4n) is 1.76. The second-order valence-electron chi connectivity index (χ2n) is 4.44. The summed E-state index contributed by atoms with van der Waals surface area (Å²) in [5.74, 6) is 0. The van der Waals surface area contributed by atoms with Gasteiger partial charge in [-0.2, -0.15) is 0 Å². The van der Waals surface area contributed by atoms with Gasteiger partial charge in [0, 0.05) is 6.61 Å². The molecular formula is C13H30OSi. The van der Waals surface area contributed by atoms with E-state index in [4.69, 9.17) is 4.43 Å². The first kappa shape index (κ1) is 15.2.